The summed E-state index contributed by atoms with van der Waals surface area (Å²) in [6.45, 7) is 6.58. The van der Waals surface area contributed by atoms with Crippen LogP contribution in [0.25, 0.3) is 0 Å². The number of nitrogens with one attached hydrogen (secondary N) is 1. The molecule has 1 rings (SSSR count). The molecule has 0 spiro atoms. The molecule has 17 heavy (non-hydrogen) atoms. The summed E-state index contributed by atoms with van der Waals surface area (Å²) >= 11 is 0. The van der Waals surface area contributed by atoms with Gasteiger partial charge >= 0.3 is 0 Å². The normalized spacial score (nSPS) is 8.94. The van der Waals surface area contributed by atoms with Crippen LogP contribution in [0.4, 0.5) is 0 Å². The second kappa shape index (κ2) is 9.70. The Balaban J connectivity index is 0.00000121. The fraction of sp³-hybridized carbons (Fsp3) is 0.500. The van der Waals surface area contributed by atoms with Gasteiger partial charge in [0.2, 0.25) is 5.91 Å². The maximum absolute atomic E-state index is 11.2. The molecule has 1 aromatic carbocycles. The van der Waals surface area contributed by atoms with Crippen molar-refractivity contribution in [3.63, 3.8) is 0 Å². The van der Waals surface area contributed by atoms with E-state index in [2.05, 4.69) is 5.32 Å². The Kier molecular flexibility index (Phi) is 8.84. The average molecular weight is 237 g/mol. The summed E-state index contributed by atoms with van der Waals surface area (Å²) < 4.78 is 5.05. The zero-order valence-electron chi connectivity index (χ0n) is 11.2. The molecule has 0 saturated carbocycles. The molecule has 0 radical (unpaired) electrons. The first kappa shape index (κ1) is 15.5. The van der Waals surface area contributed by atoms with Gasteiger partial charge in [0.1, 0.15) is 5.75 Å². The highest BCUT2D eigenvalue weighted by molar-refractivity contribution is 5.75. The van der Waals surface area contributed by atoms with Crippen molar-refractivity contribution in [3.8, 4) is 5.75 Å². The molecule has 1 N–H and O–H groups in total. The van der Waals surface area contributed by atoms with E-state index in [1.54, 1.807) is 7.11 Å². The van der Waals surface area contributed by atoms with Crippen molar-refractivity contribution >= 4 is 5.91 Å². The highest BCUT2D eigenvalue weighted by Crippen LogP contribution is 2.10. The first-order valence-electron chi connectivity index (χ1n) is 6.16. The van der Waals surface area contributed by atoms with Crippen LogP contribution in [-0.4, -0.2) is 13.0 Å². The number of carbonyl (C=O) groups is 1. The van der Waals surface area contributed by atoms with Crippen LogP contribution in [0.1, 0.15) is 39.2 Å². The van der Waals surface area contributed by atoms with Gasteiger partial charge in [-0.3, -0.25) is 4.79 Å². The second-order valence-electron chi connectivity index (χ2n) is 3.37. The Morgan fingerprint density at radius 1 is 1.24 bits per heavy atom. The molecule has 0 aliphatic rings. The third-order valence-corrected chi connectivity index (χ3v) is 2.13. The number of carbonyl (C=O) groups excluding carboxylic acids is 1. The van der Waals surface area contributed by atoms with Crippen LogP contribution < -0.4 is 10.1 Å². The third-order valence-electron chi connectivity index (χ3n) is 2.13. The zero-order chi connectivity index (χ0) is 13.1. The Hall–Kier alpha value is -1.51. The summed E-state index contributed by atoms with van der Waals surface area (Å²) in [5, 5.41) is 2.86. The van der Waals surface area contributed by atoms with E-state index in [0.717, 1.165) is 17.7 Å². The minimum absolute atomic E-state index is 0.105. The lowest BCUT2D eigenvalue weighted by Crippen LogP contribution is -2.21. The van der Waals surface area contributed by atoms with Crippen molar-refractivity contribution in [1.29, 1.82) is 0 Å². The molecule has 0 aromatic heterocycles. The average Bonchev–Trinajstić information content (AvgIpc) is 2.40. The topological polar surface area (TPSA) is 38.3 Å². The van der Waals surface area contributed by atoms with Gasteiger partial charge in [-0.15, -0.1) is 0 Å². The number of hydrogen-bond acceptors (Lipinski definition) is 2. The number of rotatable bonds is 5. The van der Waals surface area contributed by atoms with Crippen molar-refractivity contribution in [2.45, 2.75) is 40.2 Å². The maximum atomic E-state index is 11.2. The van der Waals surface area contributed by atoms with E-state index < -0.39 is 0 Å². The molecule has 96 valence electrons. The van der Waals surface area contributed by atoms with Crippen LogP contribution in [-0.2, 0) is 11.3 Å². The van der Waals surface area contributed by atoms with Crippen molar-refractivity contribution in [2.24, 2.45) is 0 Å². The number of benzene rings is 1. The number of hydrogen-bond donors (Lipinski definition) is 1. The first-order valence-corrected chi connectivity index (χ1v) is 6.16. The fourth-order valence-corrected chi connectivity index (χ4v) is 1.26. The Bertz CT molecular complexity index is 307. The summed E-state index contributed by atoms with van der Waals surface area (Å²) in [6.07, 6.45) is 1.48. The van der Waals surface area contributed by atoms with E-state index in [-0.39, 0.29) is 5.91 Å². The molecule has 0 bridgehead atoms. The lowest BCUT2D eigenvalue weighted by atomic mass is 10.2. The molecular weight excluding hydrogens is 214 g/mol. The Morgan fingerprint density at radius 3 is 2.29 bits per heavy atom. The first-order chi connectivity index (χ1) is 8.26. The van der Waals surface area contributed by atoms with Gasteiger partial charge in [0.15, 0.2) is 0 Å². The van der Waals surface area contributed by atoms with Gasteiger partial charge in [-0.25, -0.2) is 0 Å². The molecule has 0 atom stereocenters. The predicted molar refractivity (Wildman–Crippen MR) is 71.1 cm³/mol. The highest BCUT2D eigenvalue weighted by atomic mass is 16.5. The van der Waals surface area contributed by atoms with Gasteiger partial charge in [0, 0.05) is 13.0 Å². The van der Waals surface area contributed by atoms with E-state index in [4.69, 9.17) is 4.74 Å². The minimum Gasteiger partial charge on any atom is -0.497 e. The molecule has 0 unspecified atom stereocenters. The molecule has 3 heteroatoms. The lowest BCUT2D eigenvalue weighted by molar-refractivity contribution is -0.121. The molecule has 1 amide bonds. The minimum atomic E-state index is 0.105. The maximum Gasteiger partial charge on any atom is 0.220 e. The molecular formula is C14H23NO2. The number of amides is 1. The molecule has 3 nitrogen and oxygen atoms in total. The smallest absolute Gasteiger partial charge is 0.220 e. The predicted octanol–water partition coefficient (Wildman–Crippen LogP) is 3.14. The molecule has 0 fully saturated rings. The molecule has 0 aliphatic heterocycles. The number of methoxy groups -OCH3 is 1. The molecule has 0 aliphatic carbocycles. The Morgan fingerprint density at radius 2 is 1.82 bits per heavy atom. The Labute approximate surface area is 104 Å². The summed E-state index contributed by atoms with van der Waals surface area (Å²) in [6, 6.07) is 7.68. The third kappa shape index (κ3) is 6.61. The van der Waals surface area contributed by atoms with Crippen LogP contribution in [0.2, 0.25) is 0 Å². The van der Waals surface area contributed by atoms with E-state index in [1.165, 1.54) is 0 Å². The zero-order valence-corrected chi connectivity index (χ0v) is 11.2. The van der Waals surface area contributed by atoms with E-state index >= 15 is 0 Å². The summed E-state index contributed by atoms with van der Waals surface area (Å²) in [7, 11) is 1.64. The molecule has 0 saturated heterocycles. The van der Waals surface area contributed by atoms with Gasteiger partial charge in [-0.05, 0) is 24.1 Å². The summed E-state index contributed by atoms with van der Waals surface area (Å²) in [4.78, 5) is 11.2. The standard InChI is InChI=1S/C12H17NO2.C2H6/c1-3-4-12(14)13-9-10-5-7-11(15-2)8-6-10;1-2/h5-8H,3-4,9H2,1-2H3,(H,13,14);1-2H3. The SMILES string of the molecule is CC.CCCC(=O)NCc1ccc(OC)cc1. The van der Waals surface area contributed by atoms with Crippen LogP contribution in [0.15, 0.2) is 24.3 Å². The monoisotopic (exact) mass is 237 g/mol. The van der Waals surface area contributed by atoms with Crippen molar-refractivity contribution < 1.29 is 9.53 Å². The van der Waals surface area contributed by atoms with E-state index in [9.17, 15) is 4.79 Å². The van der Waals surface area contributed by atoms with Crippen LogP contribution in [0, 0.1) is 0 Å². The quantitative estimate of drug-likeness (QED) is 0.854. The highest BCUT2D eigenvalue weighted by Gasteiger charge is 1.99. The molecule has 1 aromatic rings. The van der Waals surface area contributed by atoms with E-state index in [1.807, 2.05) is 45.0 Å². The van der Waals surface area contributed by atoms with Gasteiger partial charge in [0.05, 0.1) is 7.11 Å². The number of ether oxygens (including phenoxy) is 1. The van der Waals surface area contributed by atoms with Gasteiger partial charge in [-0.2, -0.15) is 0 Å². The fourth-order valence-electron chi connectivity index (χ4n) is 1.26. The summed E-state index contributed by atoms with van der Waals surface area (Å²) in [5.41, 5.74) is 1.08. The van der Waals surface area contributed by atoms with Crippen molar-refractivity contribution in [2.75, 3.05) is 7.11 Å². The van der Waals surface area contributed by atoms with E-state index in [0.29, 0.717) is 13.0 Å². The van der Waals surface area contributed by atoms with Crippen LogP contribution in [0.5, 0.6) is 5.75 Å². The second-order valence-corrected chi connectivity index (χ2v) is 3.37. The largest absolute Gasteiger partial charge is 0.497 e. The van der Waals surface area contributed by atoms with Gasteiger partial charge in [0.25, 0.3) is 0 Å². The van der Waals surface area contributed by atoms with Gasteiger partial charge < -0.3 is 10.1 Å². The molecule has 0 heterocycles. The van der Waals surface area contributed by atoms with Gasteiger partial charge in [-0.1, -0.05) is 32.9 Å². The summed E-state index contributed by atoms with van der Waals surface area (Å²) in [5.74, 6) is 0.937. The van der Waals surface area contributed by atoms with Crippen LogP contribution in [0.3, 0.4) is 0 Å². The van der Waals surface area contributed by atoms with Crippen molar-refractivity contribution in [1.82, 2.24) is 5.32 Å². The van der Waals surface area contributed by atoms with Crippen LogP contribution >= 0.6 is 0 Å². The van der Waals surface area contributed by atoms with Crippen molar-refractivity contribution in [3.05, 3.63) is 29.8 Å². The lowest BCUT2D eigenvalue weighted by Gasteiger charge is -2.05.